The molecule has 2 heteroatoms. The lowest BCUT2D eigenvalue weighted by Crippen LogP contribution is -2.51. The molecule has 0 aromatic heterocycles. The maximum Gasteiger partial charge on any atom is 0.105 e. The molecule has 0 heterocycles. The topological polar surface area (TPSA) is 40.5 Å². The van der Waals surface area contributed by atoms with Crippen molar-refractivity contribution >= 4 is 0 Å². The number of aliphatic hydroxyl groups excluding tert-OH is 2. The smallest absolute Gasteiger partial charge is 0.105 e. The Hall–Kier alpha value is -0.860. The highest BCUT2D eigenvalue weighted by Gasteiger charge is 2.57. The summed E-state index contributed by atoms with van der Waals surface area (Å²) in [6, 6.07) is 0. The molecular weight excluding hydrogens is 272 g/mol. The second-order valence-electron chi connectivity index (χ2n) is 8.09. The number of hydrogen-bond donors (Lipinski definition) is 2. The summed E-state index contributed by atoms with van der Waals surface area (Å²) in [5, 5.41) is 21.4. The van der Waals surface area contributed by atoms with Gasteiger partial charge in [-0.2, -0.15) is 0 Å². The monoisotopic (exact) mass is 302 g/mol. The summed E-state index contributed by atoms with van der Waals surface area (Å²) in [5.74, 6) is 1.25. The number of aliphatic hydroxyl groups is 2. The van der Waals surface area contributed by atoms with Crippen molar-refractivity contribution in [3.63, 3.8) is 0 Å². The molecule has 0 aromatic rings. The molecule has 2 saturated carbocycles. The highest BCUT2D eigenvalue weighted by atomic mass is 16.3. The van der Waals surface area contributed by atoms with Gasteiger partial charge in [-0.1, -0.05) is 45.1 Å². The van der Waals surface area contributed by atoms with Crippen molar-refractivity contribution in [3.8, 4) is 0 Å². The molecule has 0 amide bonds. The third kappa shape index (κ3) is 2.32. The van der Waals surface area contributed by atoms with E-state index in [4.69, 9.17) is 0 Å². The zero-order valence-electron chi connectivity index (χ0n) is 14.0. The Bertz CT molecular complexity index is 518. The predicted octanol–water partition coefficient (Wildman–Crippen LogP) is 4.00. The summed E-state index contributed by atoms with van der Waals surface area (Å²) in [6.45, 7) is 13.1. The van der Waals surface area contributed by atoms with Crippen molar-refractivity contribution in [2.24, 2.45) is 23.2 Å². The Morgan fingerprint density at radius 1 is 1.23 bits per heavy atom. The fourth-order valence-electron chi connectivity index (χ4n) is 5.12. The lowest BCUT2D eigenvalue weighted by Gasteiger charge is -2.47. The number of allylic oxidation sites excluding steroid dienone is 2. The molecule has 6 atom stereocenters. The molecule has 0 unspecified atom stereocenters. The second-order valence-corrected chi connectivity index (χ2v) is 8.09. The van der Waals surface area contributed by atoms with Crippen molar-refractivity contribution in [2.45, 2.75) is 64.6 Å². The van der Waals surface area contributed by atoms with E-state index in [0.717, 1.165) is 36.8 Å². The van der Waals surface area contributed by atoms with E-state index in [0.29, 0.717) is 11.8 Å². The Kier molecular flexibility index (Phi) is 4.11. The van der Waals surface area contributed by atoms with Gasteiger partial charge in [0, 0.05) is 5.41 Å². The SMILES string of the molecule is C=C1C2=CC[C@@H](C)CCCC(=C)[C@@H]3CC[C@@](C)([C@H]13)[C@@H](O)[C@@H]2O. The predicted molar refractivity (Wildman–Crippen MR) is 90.3 cm³/mol. The highest BCUT2D eigenvalue weighted by molar-refractivity contribution is 5.43. The number of rotatable bonds is 0. The zero-order valence-corrected chi connectivity index (χ0v) is 14.0. The van der Waals surface area contributed by atoms with Crippen LogP contribution in [0.3, 0.4) is 0 Å². The van der Waals surface area contributed by atoms with Gasteiger partial charge in [0.25, 0.3) is 0 Å². The molecule has 22 heavy (non-hydrogen) atoms. The molecule has 122 valence electrons. The Balaban J connectivity index is 2.06. The van der Waals surface area contributed by atoms with E-state index in [1.165, 1.54) is 18.4 Å². The van der Waals surface area contributed by atoms with Gasteiger partial charge in [0.1, 0.15) is 6.10 Å². The van der Waals surface area contributed by atoms with Crippen molar-refractivity contribution in [3.05, 3.63) is 36.0 Å². The largest absolute Gasteiger partial charge is 0.389 e. The summed E-state index contributed by atoms with van der Waals surface area (Å²) in [5.41, 5.74) is 3.01. The van der Waals surface area contributed by atoms with E-state index in [9.17, 15) is 10.2 Å². The Labute approximate surface area is 134 Å². The molecular formula is C20H30O2. The maximum atomic E-state index is 10.8. The fraction of sp³-hybridized carbons (Fsp3) is 0.700. The van der Waals surface area contributed by atoms with Gasteiger partial charge in [-0.25, -0.2) is 0 Å². The number of hydrogen-bond acceptors (Lipinski definition) is 2. The Morgan fingerprint density at radius 3 is 2.68 bits per heavy atom. The lowest BCUT2D eigenvalue weighted by atomic mass is 9.60. The summed E-state index contributed by atoms with van der Waals surface area (Å²) in [7, 11) is 0. The van der Waals surface area contributed by atoms with Crippen LogP contribution in [0.1, 0.15) is 52.4 Å². The van der Waals surface area contributed by atoms with Crippen LogP contribution in [0.25, 0.3) is 0 Å². The quantitative estimate of drug-likeness (QED) is 0.664. The fourth-order valence-corrected chi connectivity index (χ4v) is 5.12. The molecule has 3 aliphatic rings. The standard InChI is InChI=1S/C20H30O2/c1-12-6-5-7-13(2)15-10-11-20(4)17(15)14(3)16(9-8-12)18(21)19(20)22/h9,12,15,17-19,21-22H,2-3,5-8,10-11H2,1,4H3/t12-,15-,17+,18+,19-,20-/m0/s1. The van der Waals surface area contributed by atoms with Crippen molar-refractivity contribution in [1.29, 1.82) is 0 Å². The van der Waals surface area contributed by atoms with Crippen LogP contribution in [-0.2, 0) is 0 Å². The molecule has 0 saturated heterocycles. The third-order valence-electron chi connectivity index (χ3n) is 6.61. The Morgan fingerprint density at radius 2 is 1.95 bits per heavy atom. The van der Waals surface area contributed by atoms with E-state index in [1.54, 1.807) is 0 Å². The average Bonchev–Trinajstić information content (AvgIpc) is 2.83. The van der Waals surface area contributed by atoms with Gasteiger partial charge in [0.2, 0.25) is 0 Å². The third-order valence-corrected chi connectivity index (χ3v) is 6.61. The first-order valence-electron chi connectivity index (χ1n) is 8.79. The first kappa shape index (κ1) is 16.0. The lowest BCUT2D eigenvalue weighted by molar-refractivity contribution is -0.0698. The van der Waals surface area contributed by atoms with E-state index >= 15 is 0 Å². The zero-order chi connectivity index (χ0) is 16.1. The van der Waals surface area contributed by atoms with Crippen molar-refractivity contribution in [1.82, 2.24) is 0 Å². The molecule has 2 bridgehead atoms. The first-order chi connectivity index (χ1) is 10.4. The van der Waals surface area contributed by atoms with Gasteiger partial charge >= 0.3 is 0 Å². The molecule has 0 aliphatic heterocycles. The minimum atomic E-state index is -0.784. The van der Waals surface area contributed by atoms with Crippen LogP contribution < -0.4 is 0 Å². The summed E-state index contributed by atoms with van der Waals surface area (Å²) >= 11 is 0. The summed E-state index contributed by atoms with van der Waals surface area (Å²) in [6.07, 6.45) is 7.11. The normalized spacial score (nSPS) is 46.2. The van der Waals surface area contributed by atoms with Crippen molar-refractivity contribution in [2.75, 3.05) is 0 Å². The van der Waals surface area contributed by atoms with Gasteiger partial charge in [-0.05, 0) is 61.0 Å². The summed E-state index contributed by atoms with van der Waals surface area (Å²) < 4.78 is 0. The van der Waals surface area contributed by atoms with Crippen LogP contribution in [0.4, 0.5) is 0 Å². The van der Waals surface area contributed by atoms with Gasteiger partial charge < -0.3 is 10.2 Å². The molecule has 0 aromatic carbocycles. The molecule has 3 rings (SSSR count). The maximum absolute atomic E-state index is 10.8. The second kappa shape index (κ2) is 5.65. The molecule has 0 radical (unpaired) electrons. The van der Waals surface area contributed by atoms with Crippen LogP contribution in [0.15, 0.2) is 36.0 Å². The summed E-state index contributed by atoms with van der Waals surface area (Å²) in [4.78, 5) is 0. The van der Waals surface area contributed by atoms with Gasteiger partial charge in [-0.15, -0.1) is 0 Å². The van der Waals surface area contributed by atoms with Crippen LogP contribution in [0.5, 0.6) is 0 Å². The highest BCUT2D eigenvalue weighted by Crippen LogP contribution is 2.59. The molecule has 2 nitrogen and oxygen atoms in total. The van der Waals surface area contributed by atoms with Crippen LogP contribution in [-0.4, -0.2) is 22.4 Å². The van der Waals surface area contributed by atoms with Crippen molar-refractivity contribution < 1.29 is 10.2 Å². The minimum absolute atomic E-state index is 0.234. The van der Waals surface area contributed by atoms with Crippen LogP contribution >= 0.6 is 0 Å². The molecule has 3 aliphatic carbocycles. The van der Waals surface area contributed by atoms with E-state index in [-0.39, 0.29) is 11.3 Å². The molecule has 2 fully saturated rings. The van der Waals surface area contributed by atoms with E-state index in [1.807, 2.05) is 0 Å². The first-order valence-corrected chi connectivity index (χ1v) is 8.79. The van der Waals surface area contributed by atoms with Crippen LogP contribution in [0.2, 0.25) is 0 Å². The average molecular weight is 302 g/mol. The number of fused-ring (bicyclic) bond motifs is 1. The van der Waals surface area contributed by atoms with E-state index in [2.05, 4.69) is 33.1 Å². The van der Waals surface area contributed by atoms with Gasteiger partial charge in [0.15, 0.2) is 0 Å². The van der Waals surface area contributed by atoms with Gasteiger partial charge in [0.05, 0.1) is 6.10 Å². The van der Waals surface area contributed by atoms with Crippen LogP contribution in [0, 0.1) is 23.2 Å². The molecule has 0 spiro atoms. The minimum Gasteiger partial charge on any atom is -0.389 e. The van der Waals surface area contributed by atoms with Gasteiger partial charge in [-0.3, -0.25) is 0 Å². The molecule has 2 N–H and O–H groups in total. The van der Waals surface area contributed by atoms with E-state index < -0.39 is 12.2 Å².